The first-order valence-corrected chi connectivity index (χ1v) is 11.5. The molecule has 1 heterocycles. The van der Waals surface area contributed by atoms with E-state index in [-0.39, 0.29) is 44.4 Å². The average molecular weight is 550 g/mol. The van der Waals surface area contributed by atoms with Crippen LogP contribution in [0.3, 0.4) is 0 Å². The average Bonchev–Trinajstić information content (AvgIpc) is 2.98. The SMILES string of the molecule is O=C(O)c1ccc(NC(=O)c2cccc(N3C(=O)[C@H]4C[C@@H](Br)[C@@H](Br)C[C@H]4C3=O)c2)cc1. The molecular formula is C22H18Br2N2O5. The van der Waals surface area contributed by atoms with Gasteiger partial charge in [0.2, 0.25) is 11.8 Å². The number of aromatic carboxylic acids is 1. The molecule has 2 fully saturated rings. The minimum Gasteiger partial charge on any atom is -0.478 e. The maximum absolute atomic E-state index is 13.0. The van der Waals surface area contributed by atoms with Crippen LogP contribution in [0.5, 0.6) is 0 Å². The number of hydrogen-bond acceptors (Lipinski definition) is 4. The van der Waals surface area contributed by atoms with Crippen LogP contribution in [0, 0.1) is 11.8 Å². The van der Waals surface area contributed by atoms with Crippen LogP contribution in [0.4, 0.5) is 11.4 Å². The first kappa shape index (κ1) is 21.7. The molecular weight excluding hydrogens is 532 g/mol. The van der Waals surface area contributed by atoms with Gasteiger partial charge in [-0.1, -0.05) is 37.9 Å². The van der Waals surface area contributed by atoms with E-state index in [4.69, 9.17) is 5.11 Å². The Bertz CT molecular complexity index is 1040. The molecule has 9 heteroatoms. The van der Waals surface area contributed by atoms with Crippen LogP contribution in [-0.2, 0) is 9.59 Å². The van der Waals surface area contributed by atoms with Crippen LogP contribution < -0.4 is 10.2 Å². The highest BCUT2D eigenvalue weighted by Crippen LogP contribution is 2.44. The highest BCUT2D eigenvalue weighted by Gasteiger charge is 2.52. The van der Waals surface area contributed by atoms with E-state index in [2.05, 4.69) is 37.2 Å². The number of carboxylic acids is 1. The number of fused-ring (bicyclic) bond motifs is 1. The number of nitrogens with one attached hydrogen (secondary N) is 1. The minimum atomic E-state index is -1.05. The van der Waals surface area contributed by atoms with E-state index < -0.39 is 11.9 Å². The molecule has 0 bridgehead atoms. The molecule has 2 aromatic rings. The summed E-state index contributed by atoms with van der Waals surface area (Å²) in [5.74, 6) is -2.68. The Kier molecular flexibility index (Phi) is 5.98. The number of anilines is 2. The van der Waals surface area contributed by atoms with Crippen molar-refractivity contribution in [3.05, 3.63) is 59.7 Å². The van der Waals surface area contributed by atoms with E-state index in [9.17, 15) is 19.2 Å². The van der Waals surface area contributed by atoms with Gasteiger partial charge in [0.15, 0.2) is 0 Å². The van der Waals surface area contributed by atoms with Crippen molar-refractivity contribution in [2.75, 3.05) is 10.2 Å². The fourth-order valence-corrected chi connectivity index (χ4v) is 5.27. The number of hydrogen-bond donors (Lipinski definition) is 2. The molecule has 3 amide bonds. The Balaban J connectivity index is 1.54. The van der Waals surface area contributed by atoms with E-state index in [0.717, 1.165) is 0 Å². The molecule has 0 aromatic heterocycles. The molecule has 2 aromatic carbocycles. The second-order valence-electron chi connectivity index (χ2n) is 7.62. The first-order chi connectivity index (χ1) is 14.8. The fourth-order valence-electron chi connectivity index (χ4n) is 4.04. The van der Waals surface area contributed by atoms with Gasteiger partial charge in [0.1, 0.15) is 0 Å². The van der Waals surface area contributed by atoms with Crippen molar-refractivity contribution in [1.29, 1.82) is 0 Å². The van der Waals surface area contributed by atoms with Gasteiger partial charge in [0.05, 0.1) is 23.1 Å². The van der Waals surface area contributed by atoms with Gasteiger partial charge in [-0.25, -0.2) is 4.79 Å². The molecule has 160 valence electrons. The van der Waals surface area contributed by atoms with Gasteiger partial charge < -0.3 is 10.4 Å². The van der Waals surface area contributed by atoms with Crippen LogP contribution in [0.2, 0.25) is 0 Å². The molecule has 7 nitrogen and oxygen atoms in total. The van der Waals surface area contributed by atoms with Crippen molar-refractivity contribution in [1.82, 2.24) is 0 Å². The Morgan fingerprint density at radius 3 is 2.03 bits per heavy atom. The summed E-state index contributed by atoms with van der Waals surface area (Å²) in [6.07, 6.45) is 1.16. The number of carbonyl (C=O) groups is 4. The monoisotopic (exact) mass is 548 g/mol. The van der Waals surface area contributed by atoms with Gasteiger partial charge >= 0.3 is 5.97 Å². The van der Waals surface area contributed by atoms with Gasteiger partial charge in [0.25, 0.3) is 5.91 Å². The molecule has 1 saturated carbocycles. The highest BCUT2D eigenvalue weighted by atomic mass is 79.9. The first-order valence-electron chi connectivity index (χ1n) is 9.67. The van der Waals surface area contributed by atoms with E-state index in [1.807, 2.05) is 0 Å². The minimum absolute atomic E-state index is 0.115. The van der Waals surface area contributed by atoms with Crippen LogP contribution in [-0.4, -0.2) is 38.5 Å². The summed E-state index contributed by atoms with van der Waals surface area (Å²) in [5, 5.41) is 11.7. The summed E-state index contributed by atoms with van der Waals surface area (Å²) in [6, 6.07) is 12.2. The largest absolute Gasteiger partial charge is 0.478 e. The predicted molar refractivity (Wildman–Crippen MR) is 122 cm³/mol. The van der Waals surface area contributed by atoms with Crippen molar-refractivity contribution in [2.24, 2.45) is 11.8 Å². The second kappa shape index (κ2) is 8.55. The number of nitrogens with zero attached hydrogens (tertiary/aromatic N) is 1. The molecule has 0 spiro atoms. The molecule has 1 aliphatic carbocycles. The number of imide groups is 1. The zero-order valence-electron chi connectivity index (χ0n) is 16.1. The van der Waals surface area contributed by atoms with E-state index >= 15 is 0 Å². The van der Waals surface area contributed by atoms with Crippen molar-refractivity contribution < 1.29 is 24.3 Å². The van der Waals surface area contributed by atoms with E-state index in [1.165, 1.54) is 35.2 Å². The smallest absolute Gasteiger partial charge is 0.335 e. The summed E-state index contributed by atoms with van der Waals surface area (Å²) >= 11 is 7.15. The number of benzene rings is 2. The Labute approximate surface area is 195 Å². The van der Waals surface area contributed by atoms with Gasteiger partial charge in [-0.15, -0.1) is 0 Å². The quantitative estimate of drug-likeness (QED) is 0.442. The normalized spacial score (nSPS) is 25.3. The molecule has 0 radical (unpaired) electrons. The molecule has 1 aliphatic heterocycles. The molecule has 0 unspecified atom stereocenters. The maximum Gasteiger partial charge on any atom is 0.335 e. The summed E-state index contributed by atoms with van der Waals surface area (Å²) in [7, 11) is 0. The number of amides is 3. The standard InChI is InChI=1S/C22H18Br2N2O5/c23-17-9-15-16(10-18(17)24)21(29)26(20(15)28)14-3-1-2-12(8-14)19(27)25-13-6-4-11(5-7-13)22(30)31/h1-8,15-18H,9-10H2,(H,25,27)(H,30,31)/t15-,16+,17+,18-. The van der Waals surface area contributed by atoms with Gasteiger partial charge in [-0.05, 0) is 55.3 Å². The summed E-state index contributed by atoms with van der Waals surface area (Å²) in [6.45, 7) is 0. The third-order valence-corrected chi connectivity index (χ3v) is 8.40. The highest BCUT2D eigenvalue weighted by molar-refractivity contribution is 9.12. The van der Waals surface area contributed by atoms with E-state index in [1.54, 1.807) is 18.2 Å². The lowest BCUT2D eigenvalue weighted by Gasteiger charge is -2.29. The van der Waals surface area contributed by atoms with Crippen LogP contribution in [0.15, 0.2) is 48.5 Å². The van der Waals surface area contributed by atoms with Crippen molar-refractivity contribution >= 4 is 66.9 Å². The fraction of sp³-hybridized carbons (Fsp3) is 0.273. The lowest BCUT2D eigenvalue weighted by Crippen LogP contribution is -2.34. The Morgan fingerprint density at radius 2 is 1.48 bits per heavy atom. The Morgan fingerprint density at radius 1 is 0.903 bits per heavy atom. The third-order valence-electron chi connectivity index (χ3n) is 5.67. The second-order valence-corrected chi connectivity index (χ2v) is 9.97. The van der Waals surface area contributed by atoms with Crippen LogP contribution in [0.25, 0.3) is 0 Å². The number of carbonyl (C=O) groups excluding carboxylic acids is 3. The molecule has 1 saturated heterocycles. The van der Waals surface area contributed by atoms with Gasteiger partial charge in [0, 0.05) is 20.9 Å². The lowest BCUT2D eigenvalue weighted by molar-refractivity contribution is -0.122. The molecule has 4 rings (SSSR count). The van der Waals surface area contributed by atoms with E-state index in [0.29, 0.717) is 24.2 Å². The van der Waals surface area contributed by atoms with Gasteiger partial charge in [-0.3, -0.25) is 19.3 Å². The molecule has 2 aliphatic rings. The van der Waals surface area contributed by atoms with Crippen LogP contribution in [0.1, 0.15) is 33.6 Å². The number of alkyl halides is 2. The van der Waals surface area contributed by atoms with Gasteiger partial charge in [-0.2, -0.15) is 0 Å². The molecule has 2 N–H and O–H groups in total. The number of halogens is 2. The summed E-state index contributed by atoms with van der Waals surface area (Å²) in [4.78, 5) is 51.0. The van der Waals surface area contributed by atoms with Crippen molar-refractivity contribution in [2.45, 2.75) is 22.5 Å². The Hall–Kier alpha value is -2.52. The maximum atomic E-state index is 13.0. The summed E-state index contributed by atoms with van der Waals surface area (Å²) < 4.78 is 0. The zero-order valence-corrected chi connectivity index (χ0v) is 19.3. The number of carboxylic acid groups (broad SMARTS) is 1. The lowest BCUT2D eigenvalue weighted by atomic mass is 9.81. The predicted octanol–water partition coefficient (Wildman–Crippen LogP) is 4.06. The number of rotatable bonds is 4. The third kappa shape index (κ3) is 4.16. The molecule has 31 heavy (non-hydrogen) atoms. The topological polar surface area (TPSA) is 104 Å². The van der Waals surface area contributed by atoms with Crippen molar-refractivity contribution in [3.63, 3.8) is 0 Å². The zero-order chi connectivity index (χ0) is 22.3. The van der Waals surface area contributed by atoms with Crippen LogP contribution >= 0.6 is 31.9 Å². The molecule has 4 atom stereocenters. The van der Waals surface area contributed by atoms with Crippen molar-refractivity contribution in [3.8, 4) is 0 Å². The summed E-state index contributed by atoms with van der Waals surface area (Å²) in [5.41, 5.74) is 1.21.